The first-order valence-corrected chi connectivity index (χ1v) is 11.2. The van der Waals surface area contributed by atoms with Crippen LogP contribution in [0.25, 0.3) is 0 Å². The average Bonchev–Trinajstić information content (AvgIpc) is 2.79. The van der Waals surface area contributed by atoms with Crippen molar-refractivity contribution in [2.45, 2.75) is 45.6 Å². The number of hydrogen-bond donors (Lipinski definition) is 2. The Hall–Kier alpha value is -2.73. The normalized spacial score (nSPS) is 14.6. The van der Waals surface area contributed by atoms with Crippen LogP contribution < -0.4 is 20.3 Å². The van der Waals surface area contributed by atoms with Crippen molar-refractivity contribution in [1.82, 2.24) is 5.32 Å². The van der Waals surface area contributed by atoms with Crippen molar-refractivity contribution in [2.75, 3.05) is 29.9 Å². The molecular formula is C24H30ClN3O3. The zero-order valence-electron chi connectivity index (χ0n) is 18.1. The number of amides is 2. The molecule has 0 saturated carbocycles. The summed E-state index contributed by atoms with van der Waals surface area (Å²) in [6, 6.07) is 12.4. The van der Waals surface area contributed by atoms with Crippen molar-refractivity contribution >= 4 is 34.8 Å². The molecule has 0 spiro atoms. The number of rotatable bonds is 8. The van der Waals surface area contributed by atoms with Crippen molar-refractivity contribution in [3.8, 4) is 5.75 Å². The Balaban J connectivity index is 1.72. The van der Waals surface area contributed by atoms with Gasteiger partial charge >= 0.3 is 0 Å². The molecule has 2 aromatic rings. The van der Waals surface area contributed by atoms with E-state index in [9.17, 15) is 9.59 Å². The Bertz CT molecular complexity index is 895. The fourth-order valence-electron chi connectivity index (χ4n) is 3.49. The number of hydrogen-bond acceptors (Lipinski definition) is 4. The highest BCUT2D eigenvalue weighted by atomic mass is 35.5. The SMILES string of the molecule is CCC(C)NC(=O)c1cc(NC(=O)COc2ccc(Cl)cc2)ccc1N1CCCCC1. The van der Waals surface area contributed by atoms with Crippen molar-refractivity contribution < 1.29 is 14.3 Å². The molecule has 2 aromatic carbocycles. The Morgan fingerprint density at radius 3 is 2.48 bits per heavy atom. The van der Waals surface area contributed by atoms with Gasteiger partial charge in [-0.25, -0.2) is 0 Å². The van der Waals surface area contributed by atoms with Gasteiger partial charge in [0.15, 0.2) is 6.61 Å². The summed E-state index contributed by atoms with van der Waals surface area (Å²) >= 11 is 5.86. The Morgan fingerprint density at radius 2 is 1.81 bits per heavy atom. The standard InChI is InChI=1S/C24H30ClN3O3/c1-3-17(2)26-24(30)21-15-19(9-12-22(21)28-13-5-4-6-14-28)27-23(29)16-31-20-10-7-18(25)8-11-20/h7-12,15,17H,3-6,13-14,16H2,1-2H3,(H,26,30)(H,27,29). The Labute approximate surface area is 188 Å². The average molecular weight is 444 g/mol. The number of carbonyl (C=O) groups excluding carboxylic acids is 2. The number of halogens is 1. The first-order valence-electron chi connectivity index (χ1n) is 10.8. The molecule has 1 unspecified atom stereocenters. The van der Waals surface area contributed by atoms with Gasteiger partial charge in [0.2, 0.25) is 0 Å². The molecule has 1 aliphatic heterocycles. The molecule has 166 valence electrons. The van der Waals surface area contributed by atoms with Gasteiger partial charge in [0.1, 0.15) is 5.75 Å². The zero-order chi connectivity index (χ0) is 22.2. The van der Waals surface area contributed by atoms with Gasteiger partial charge in [-0.2, -0.15) is 0 Å². The fraction of sp³-hybridized carbons (Fsp3) is 0.417. The maximum atomic E-state index is 13.0. The molecule has 0 aromatic heterocycles. The van der Waals surface area contributed by atoms with Crippen LogP contribution in [0.1, 0.15) is 49.9 Å². The summed E-state index contributed by atoms with van der Waals surface area (Å²) in [6.07, 6.45) is 4.30. The molecule has 1 saturated heterocycles. The predicted molar refractivity (Wildman–Crippen MR) is 125 cm³/mol. The van der Waals surface area contributed by atoms with Crippen LogP contribution in [0, 0.1) is 0 Å². The van der Waals surface area contributed by atoms with E-state index in [1.165, 1.54) is 6.42 Å². The summed E-state index contributed by atoms with van der Waals surface area (Å²) in [5.74, 6) is 0.144. The molecule has 0 radical (unpaired) electrons. The van der Waals surface area contributed by atoms with Gasteiger partial charge in [-0.1, -0.05) is 18.5 Å². The van der Waals surface area contributed by atoms with Crippen molar-refractivity contribution in [2.24, 2.45) is 0 Å². The molecule has 6 nitrogen and oxygen atoms in total. The second kappa shape index (κ2) is 11.0. The second-order valence-electron chi connectivity index (χ2n) is 7.85. The number of ether oxygens (including phenoxy) is 1. The fourth-order valence-corrected chi connectivity index (χ4v) is 3.61. The molecule has 1 atom stereocenters. The second-order valence-corrected chi connectivity index (χ2v) is 8.29. The van der Waals surface area contributed by atoms with Crippen LogP contribution in [-0.2, 0) is 4.79 Å². The summed E-state index contributed by atoms with van der Waals surface area (Å²) in [5.41, 5.74) is 2.06. The van der Waals surface area contributed by atoms with Crippen LogP contribution in [0.3, 0.4) is 0 Å². The number of anilines is 2. The van der Waals surface area contributed by atoms with Gasteiger partial charge in [-0.15, -0.1) is 0 Å². The van der Waals surface area contributed by atoms with Crippen molar-refractivity contribution in [1.29, 1.82) is 0 Å². The number of nitrogens with zero attached hydrogens (tertiary/aromatic N) is 1. The number of nitrogens with one attached hydrogen (secondary N) is 2. The monoisotopic (exact) mass is 443 g/mol. The zero-order valence-corrected chi connectivity index (χ0v) is 18.9. The van der Waals surface area contributed by atoms with E-state index in [2.05, 4.69) is 15.5 Å². The third kappa shape index (κ3) is 6.62. The first kappa shape index (κ1) is 22.9. The van der Waals surface area contributed by atoms with E-state index >= 15 is 0 Å². The molecule has 2 amide bonds. The van der Waals surface area contributed by atoms with Crippen LogP contribution in [-0.4, -0.2) is 37.6 Å². The number of piperidine rings is 1. The molecule has 1 heterocycles. The first-order chi connectivity index (χ1) is 15.0. The Morgan fingerprint density at radius 1 is 1.10 bits per heavy atom. The molecule has 31 heavy (non-hydrogen) atoms. The van der Waals surface area contributed by atoms with E-state index < -0.39 is 0 Å². The molecule has 7 heteroatoms. The van der Waals surface area contributed by atoms with Crippen molar-refractivity contribution in [3.63, 3.8) is 0 Å². The van der Waals surface area contributed by atoms with E-state index in [4.69, 9.17) is 16.3 Å². The highest BCUT2D eigenvalue weighted by Crippen LogP contribution is 2.27. The predicted octanol–water partition coefficient (Wildman–Crippen LogP) is 4.88. The maximum Gasteiger partial charge on any atom is 0.262 e. The lowest BCUT2D eigenvalue weighted by Gasteiger charge is -2.31. The summed E-state index contributed by atoms with van der Waals surface area (Å²) < 4.78 is 5.50. The lowest BCUT2D eigenvalue weighted by Crippen LogP contribution is -2.35. The van der Waals surface area contributed by atoms with E-state index in [1.807, 2.05) is 26.0 Å². The summed E-state index contributed by atoms with van der Waals surface area (Å²) in [5, 5.41) is 6.48. The third-order valence-electron chi connectivity index (χ3n) is 5.40. The highest BCUT2D eigenvalue weighted by Gasteiger charge is 2.20. The summed E-state index contributed by atoms with van der Waals surface area (Å²) in [6.45, 7) is 5.75. The molecule has 1 fully saturated rings. The quantitative estimate of drug-likeness (QED) is 0.610. The van der Waals surface area contributed by atoms with E-state index in [1.54, 1.807) is 30.3 Å². The van der Waals surface area contributed by atoms with Crippen LogP contribution in [0.4, 0.5) is 11.4 Å². The van der Waals surface area contributed by atoms with Gasteiger partial charge in [0.25, 0.3) is 11.8 Å². The third-order valence-corrected chi connectivity index (χ3v) is 5.65. The topological polar surface area (TPSA) is 70.7 Å². The smallest absolute Gasteiger partial charge is 0.262 e. The minimum absolute atomic E-state index is 0.0766. The maximum absolute atomic E-state index is 13.0. The van der Waals surface area contributed by atoms with Crippen LogP contribution in [0.15, 0.2) is 42.5 Å². The van der Waals surface area contributed by atoms with Gasteiger partial charge in [0.05, 0.1) is 5.56 Å². The number of benzene rings is 2. The van der Waals surface area contributed by atoms with Crippen LogP contribution in [0.2, 0.25) is 5.02 Å². The molecule has 1 aliphatic rings. The van der Waals surface area contributed by atoms with Crippen LogP contribution >= 0.6 is 11.6 Å². The molecular weight excluding hydrogens is 414 g/mol. The highest BCUT2D eigenvalue weighted by molar-refractivity contribution is 6.30. The van der Waals surface area contributed by atoms with Gasteiger partial charge in [-0.3, -0.25) is 9.59 Å². The van der Waals surface area contributed by atoms with Crippen molar-refractivity contribution in [3.05, 3.63) is 53.1 Å². The minimum Gasteiger partial charge on any atom is -0.484 e. The lowest BCUT2D eigenvalue weighted by atomic mass is 10.1. The van der Waals surface area contributed by atoms with E-state index in [-0.39, 0.29) is 24.5 Å². The molecule has 2 N–H and O–H groups in total. The van der Waals surface area contributed by atoms with Gasteiger partial charge < -0.3 is 20.3 Å². The summed E-state index contributed by atoms with van der Waals surface area (Å²) in [7, 11) is 0. The lowest BCUT2D eigenvalue weighted by molar-refractivity contribution is -0.118. The summed E-state index contributed by atoms with van der Waals surface area (Å²) in [4.78, 5) is 27.6. The molecule has 0 aliphatic carbocycles. The van der Waals surface area contributed by atoms with Gasteiger partial charge in [-0.05, 0) is 75.1 Å². The number of carbonyl (C=O) groups is 2. The van der Waals surface area contributed by atoms with Gasteiger partial charge in [0, 0.05) is 35.5 Å². The molecule has 3 rings (SSSR count). The largest absolute Gasteiger partial charge is 0.484 e. The van der Waals surface area contributed by atoms with E-state index in [0.717, 1.165) is 38.0 Å². The Kier molecular flexibility index (Phi) is 8.18. The van der Waals surface area contributed by atoms with E-state index in [0.29, 0.717) is 22.0 Å². The minimum atomic E-state index is -0.297. The molecule has 0 bridgehead atoms. The van der Waals surface area contributed by atoms with Crippen LogP contribution in [0.5, 0.6) is 5.75 Å².